The van der Waals surface area contributed by atoms with E-state index in [0.717, 1.165) is 0 Å². The van der Waals surface area contributed by atoms with Gasteiger partial charge in [0, 0.05) is 11.3 Å². The molecule has 0 aromatic heterocycles. The van der Waals surface area contributed by atoms with Gasteiger partial charge in [0.05, 0.1) is 11.7 Å². The van der Waals surface area contributed by atoms with E-state index in [1.165, 1.54) is 44.9 Å². The van der Waals surface area contributed by atoms with Gasteiger partial charge in [0.25, 0.3) is 0 Å². The van der Waals surface area contributed by atoms with Gasteiger partial charge in [0.2, 0.25) is 0 Å². The van der Waals surface area contributed by atoms with Gasteiger partial charge in [-0.05, 0) is 31.6 Å². The van der Waals surface area contributed by atoms with Gasteiger partial charge < -0.3 is 4.74 Å². The average Bonchev–Trinajstić information content (AvgIpc) is 2.95. The van der Waals surface area contributed by atoms with Gasteiger partial charge >= 0.3 is 0 Å². The molecule has 4 rings (SSSR count). The lowest BCUT2D eigenvalue weighted by atomic mass is 9.60. The topological polar surface area (TPSA) is 9.23 Å². The molecule has 4 unspecified atom stereocenters. The number of rotatable bonds is 0. The van der Waals surface area contributed by atoms with Crippen LogP contribution in [0.15, 0.2) is 24.3 Å². The van der Waals surface area contributed by atoms with Gasteiger partial charge in [-0.25, -0.2) is 0 Å². The van der Waals surface area contributed by atoms with Crippen LogP contribution in [0, 0.1) is 17.3 Å². The van der Waals surface area contributed by atoms with Crippen LogP contribution >= 0.6 is 0 Å². The molecule has 3 fully saturated rings. The third kappa shape index (κ3) is 1.13. The first-order chi connectivity index (χ1) is 8.69. The van der Waals surface area contributed by atoms with Crippen LogP contribution in [0.25, 0.3) is 0 Å². The maximum Gasteiger partial charge on any atom is 0.0962 e. The van der Waals surface area contributed by atoms with Gasteiger partial charge in [-0.2, -0.15) is 0 Å². The lowest BCUT2D eigenvalue weighted by Crippen LogP contribution is -2.53. The summed E-state index contributed by atoms with van der Waals surface area (Å²) in [6.07, 6.45) is 14.5. The molecular formula is C17H24O. The fourth-order valence-corrected chi connectivity index (χ4v) is 5.29. The number of hydrogen-bond donors (Lipinski definition) is 0. The summed E-state index contributed by atoms with van der Waals surface area (Å²) >= 11 is 0. The van der Waals surface area contributed by atoms with Crippen LogP contribution in [0.5, 0.6) is 0 Å². The molecule has 98 valence electrons. The third-order valence-electron chi connectivity index (χ3n) is 6.42. The van der Waals surface area contributed by atoms with E-state index in [0.29, 0.717) is 23.4 Å². The zero-order valence-electron chi connectivity index (χ0n) is 11.5. The Bertz CT molecular complexity index is 415. The van der Waals surface area contributed by atoms with Crippen LogP contribution in [0.1, 0.15) is 51.9 Å². The highest BCUT2D eigenvalue weighted by Gasteiger charge is 2.62. The van der Waals surface area contributed by atoms with Gasteiger partial charge in [-0.15, -0.1) is 0 Å². The first-order valence-corrected chi connectivity index (χ1v) is 7.75. The summed E-state index contributed by atoms with van der Waals surface area (Å²) in [7, 11) is 0. The fraction of sp³-hybridized carbons (Fsp3) is 0.765. The lowest BCUT2D eigenvalue weighted by molar-refractivity contribution is -0.142. The molecule has 0 aromatic rings. The monoisotopic (exact) mass is 244 g/mol. The van der Waals surface area contributed by atoms with Gasteiger partial charge in [0.15, 0.2) is 0 Å². The van der Waals surface area contributed by atoms with Crippen molar-refractivity contribution in [3.05, 3.63) is 24.3 Å². The maximum atomic E-state index is 6.61. The molecule has 2 aliphatic carbocycles. The van der Waals surface area contributed by atoms with E-state index in [2.05, 4.69) is 25.7 Å². The van der Waals surface area contributed by atoms with E-state index in [9.17, 15) is 0 Å². The molecule has 0 aromatic carbocycles. The minimum Gasteiger partial charge on any atom is -0.362 e. The minimum absolute atomic E-state index is 0.0322. The molecule has 1 saturated heterocycles. The largest absolute Gasteiger partial charge is 0.362 e. The highest BCUT2D eigenvalue weighted by Crippen LogP contribution is 2.63. The van der Waals surface area contributed by atoms with E-state index in [1.54, 1.807) is 5.57 Å². The Morgan fingerprint density at radius 1 is 1.22 bits per heavy atom. The van der Waals surface area contributed by atoms with Crippen molar-refractivity contribution >= 4 is 0 Å². The molecule has 0 radical (unpaired) electrons. The molecule has 1 heteroatoms. The molecule has 0 amide bonds. The third-order valence-corrected chi connectivity index (χ3v) is 6.42. The summed E-state index contributed by atoms with van der Waals surface area (Å²) in [5, 5.41) is 0. The van der Waals surface area contributed by atoms with Crippen LogP contribution in [0.2, 0.25) is 0 Å². The van der Waals surface area contributed by atoms with Crippen molar-refractivity contribution in [2.45, 2.75) is 63.6 Å². The molecule has 0 N–H and O–H groups in total. The van der Waals surface area contributed by atoms with Crippen molar-refractivity contribution in [3.8, 4) is 0 Å². The zero-order valence-corrected chi connectivity index (χ0v) is 11.5. The van der Waals surface area contributed by atoms with E-state index in [4.69, 9.17) is 4.74 Å². The Labute approximate surface area is 110 Å². The van der Waals surface area contributed by atoms with Crippen LogP contribution < -0.4 is 0 Å². The summed E-state index contributed by atoms with van der Waals surface area (Å²) in [5.41, 5.74) is 1.88. The molecule has 2 bridgehead atoms. The number of fused-ring (bicyclic) bond motifs is 2. The van der Waals surface area contributed by atoms with Crippen LogP contribution in [0.4, 0.5) is 0 Å². The molecule has 4 aliphatic rings. The normalized spacial score (nSPS) is 48.7. The predicted molar refractivity (Wildman–Crippen MR) is 73.3 cm³/mol. The highest BCUT2D eigenvalue weighted by molar-refractivity contribution is 5.37. The van der Waals surface area contributed by atoms with Crippen LogP contribution in [0.3, 0.4) is 0 Å². The molecule has 2 spiro atoms. The Morgan fingerprint density at radius 3 is 2.78 bits per heavy atom. The molecule has 4 atom stereocenters. The average molecular weight is 244 g/mol. The van der Waals surface area contributed by atoms with E-state index < -0.39 is 0 Å². The van der Waals surface area contributed by atoms with Crippen molar-refractivity contribution in [2.24, 2.45) is 17.3 Å². The second-order valence-electron chi connectivity index (χ2n) is 7.02. The Kier molecular flexibility index (Phi) is 2.20. The smallest absolute Gasteiger partial charge is 0.0962 e. The van der Waals surface area contributed by atoms with Crippen molar-refractivity contribution in [1.29, 1.82) is 0 Å². The van der Waals surface area contributed by atoms with Gasteiger partial charge in [-0.3, -0.25) is 0 Å². The van der Waals surface area contributed by atoms with Crippen LogP contribution in [-0.2, 0) is 4.74 Å². The molecular weight excluding hydrogens is 220 g/mol. The van der Waals surface area contributed by atoms with E-state index in [-0.39, 0.29) is 5.60 Å². The van der Waals surface area contributed by atoms with Crippen LogP contribution in [-0.4, -0.2) is 11.7 Å². The molecule has 2 saturated carbocycles. The SMILES string of the molecule is C=C1C2CCC(C)C23C=CC(O3)C12CCCCC2. The first kappa shape index (κ1) is 11.3. The second-order valence-corrected chi connectivity index (χ2v) is 7.02. The summed E-state index contributed by atoms with van der Waals surface area (Å²) in [6.45, 7) is 6.94. The number of ether oxygens (including phenoxy) is 1. The zero-order chi connectivity index (χ0) is 12.4. The fourth-order valence-electron chi connectivity index (χ4n) is 5.29. The van der Waals surface area contributed by atoms with Crippen molar-refractivity contribution in [3.63, 3.8) is 0 Å². The Balaban J connectivity index is 1.78. The summed E-state index contributed by atoms with van der Waals surface area (Å²) in [6, 6.07) is 0. The van der Waals surface area contributed by atoms with Crippen molar-refractivity contribution in [2.75, 3.05) is 0 Å². The first-order valence-electron chi connectivity index (χ1n) is 7.75. The van der Waals surface area contributed by atoms with E-state index >= 15 is 0 Å². The predicted octanol–water partition coefficient (Wildman–Crippen LogP) is 4.25. The van der Waals surface area contributed by atoms with Crippen molar-refractivity contribution in [1.82, 2.24) is 0 Å². The molecule has 1 nitrogen and oxygen atoms in total. The standard InChI is InChI=1S/C17H24O/c1-12-6-7-14-13(2)16(9-4-3-5-10-16)15-8-11-17(12,14)18-15/h8,11-12,14-15H,2-7,9-10H2,1H3. The second kappa shape index (κ2) is 3.50. The maximum absolute atomic E-state index is 6.61. The quantitative estimate of drug-likeness (QED) is 0.579. The number of hydrogen-bond acceptors (Lipinski definition) is 1. The van der Waals surface area contributed by atoms with Crippen molar-refractivity contribution < 1.29 is 4.74 Å². The highest BCUT2D eigenvalue weighted by atomic mass is 16.5. The summed E-state index contributed by atoms with van der Waals surface area (Å²) in [5.74, 6) is 1.27. The lowest BCUT2D eigenvalue weighted by Gasteiger charge is -2.53. The molecule has 18 heavy (non-hydrogen) atoms. The minimum atomic E-state index is 0.0322. The summed E-state index contributed by atoms with van der Waals surface area (Å²) < 4.78 is 6.61. The summed E-state index contributed by atoms with van der Waals surface area (Å²) in [4.78, 5) is 0. The molecule has 2 aliphatic heterocycles. The van der Waals surface area contributed by atoms with Gasteiger partial charge in [0.1, 0.15) is 0 Å². The molecule has 2 heterocycles. The Morgan fingerprint density at radius 2 is 2.00 bits per heavy atom. The van der Waals surface area contributed by atoms with Gasteiger partial charge in [-0.1, -0.05) is 50.5 Å². The Hall–Kier alpha value is -0.560. The van der Waals surface area contributed by atoms with E-state index in [1.807, 2.05) is 0 Å².